The molecular formula is C20H19ClN4. The fourth-order valence-corrected chi connectivity index (χ4v) is 3.27. The van der Waals surface area contributed by atoms with Crippen molar-refractivity contribution in [1.82, 2.24) is 9.55 Å². The zero-order valence-electron chi connectivity index (χ0n) is 13.8. The minimum absolute atomic E-state index is 0. The number of hydrogen-bond acceptors (Lipinski definition) is 3. The van der Waals surface area contributed by atoms with Gasteiger partial charge in [-0.2, -0.15) is 5.26 Å². The predicted octanol–water partition coefficient (Wildman–Crippen LogP) is 3.79. The van der Waals surface area contributed by atoms with Gasteiger partial charge in [-0.05, 0) is 35.7 Å². The second-order valence-corrected chi connectivity index (χ2v) is 6.12. The Bertz CT molecular complexity index is 893. The van der Waals surface area contributed by atoms with E-state index in [1.165, 1.54) is 22.5 Å². The Morgan fingerprint density at radius 2 is 1.84 bits per heavy atom. The second kappa shape index (κ2) is 7.42. The first kappa shape index (κ1) is 17.1. The van der Waals surface area contributed by atoms with Crippen LogP contribution < -0.4 is 4.90 Å². The first-order valence-corrected chi connectivity index (χ1v) is 8.14. The van der Waals surface area contributed by atoms with Crippen molar-refractivity contribution in [2.24, 2.45) is 0 Å². The lowest BCUT2D eigenvalue weighted by Crippen LogP contribution is -2.21. The molecule has 0 unspecified atom stereocenters. The Hall–Kier alpha value is -2.77. The van der Waals surface area contributed by atoms with Gasteiger partial charge in [-0.15, -0.1) is 12.4 Å². The van der Waals surface area contributed by atoms with Crippen LogP contribution >= 0.6 is 12.4 Å². The number of halogens is 1. The number of benzene rings is 2. The van der Waals surface area contributed by atoms with Crippen LogP contribution in [-0.4, -0.2) is 16.1 Å². The summed E-state index contributed by atoms with van der Waals surface area (Å²) in [4.78, 5) is 6.75. The number of para-hydroxylation sites is 1. The van der Waals surface area contributed by atoms with E-state index in [9.17, 15) is 0 Å². The van der Waals surface area contributed by atoms with E-state index in [0.717, 1.165) is 26.1 Å². The molecule has 5 heteroatoms. The van der Waals surface area contributed by atoms with Gasteiger partial charge in [0.15, 0.2) is 0 Å². The quantitative estimate of drug-likeness (QED) is 0.719. The van der Waals surface area contributed by atoms with Crippen molar-refractivity contribution < 1.29 is 0 Å². The van der Waals surface area contributed by atoms with Crippen molar-refractivity contribution >= 4 is 18.1 Å². The Balaban J connectivity index is 0.00000182. The van der Waals surface area contributed by atoms with Gasteiger partial charge >= 0.3 is 0 Å². The topological polar surface area (TPSA) is 44.9 Å². The number of imidazole rings is 1. The van der Waals surface area contributed by atoms with Crippen LogP contribution in [0.3, 0.4) is 0 Å². The molecule has 3 aromatic rings. The van der Waals surface area contributed by atoms with E-state index in [2.05, 4.69) is 44.8 Å². The van der Waals surface area contributed by atoms with Crippen LogP contribution in [0, 0.1) is 11.3 Å². The number of hydrogen-bond donors (Lipinski definition) is 0. The molecule has 0 radical (unpaired) electrons. The lowest BCUT2D eigenvalue weighted by molar-refractivity contribution is 0.710. The number of nitriles is 1. The van der Waals surface area contributed by atoms with E-state index < -0.39 is 0 Å². The average Bonchev–Trinajstić information content (AvgIpc) is 3.24. The highest BCUT2D eigenvalue weighted by atomic mass is 35.5. The van der Waals surface area contributed by atoms with Crippen molar-refractivity contribution in [3.05, 3.63) is 83.4 Å². The van der Waals surface area contributed by atoms with Crippen molar-refractivity contribution in [2.75, 3.05) is 11.4 Å². The van der Waals surface area contributed by atoms with Gasteiger partial charge in [-0.3, -0.25) is 0 Å². The predicted molar refractivity (Wildman–Crippen MR) is 101 cm³/mol. The van der Waals surface area contributed by atoms with Crippen molar-refractivity contribution in [2.45, 2.75) is 19.5 Å². The van der Waals surface area contributed by atoms with E-state index in [0.29, 0.717) is 5.56 Å². The maximum absolute atomic E-state index is 8.90. The first-order chi connectivity index (χ1) is 11.8. The largest absolute Gasteiger partial charge is 0.365 e. The lowest BCUT2D eigenvalue weighted by Gasteiger charge is -2.20. The standard InChI is InChI=1S/C20H18N4.ClH/c21-11-16-5-7-17(8-6-16)13-24-15-22-12-19(24)14-23-10-9-18-3-1-2-4-20(18)23;/h1-8,12,15H,9-10,13-14H2;1H. The Kier molecular flexibility index (Phi) is 5.06. The molecule has 2 aromatic carbocycles. The van der Waals surface area contributed by atoms with Gasteiger partial charge in [0.25, 0.3) is 0 Å². The highest BCUT2D eigenvalue weighted by molar-refractivity contribution is 5.85. The molecule has 1 aliphatic rings. The van der Waals surface area contributed by atoms with Crippen LogP contribution in [0.1, 0.15) is 22.4 Å². The fraction of sp³-hybridized carbons (Fsp3) is 0.200. The van der Waals surface area contributed by atoms with E-state index in [1.807, 2.05) is 36.8 Å². The highest BCUT2D eigenvalue weighted by Gasteiger charge is 2.19. The molecule has 1 aliphatic heterocycles. The molecule has 4 rings (SSSR count). The number of aromatic nitrogens is 2. The van der Waals surface area contributed by atoms with E-state index in [4.69, 9.17) is 5.26 Å². The van der Waals surface area contributed by atoms with Crippen LogP contribution in [0.2, 0.25) is 0 Å². The zero-order valence-corrected chi connectivity index (χ0v) is 14.6. The molecule has 25 heavy (non-hydrogen) atoms. The molecular weight excluding hydrogens is 332 g/mol. The van der Waals surface area contributed by atoms with Gasteiger partial charge in [-0.25, -0.2) is 4.98 Å². The van der Waals surface area contributed by atoms with E-state index in [1.54, 1.807) is 0 Å². The molecule has 0 saturated heterocycles. The summed E-state index contributed by atoms with van der Waals surface area (Å²) in [5.74, 6) is 0. The first-order valence-electron chi connectivity index (χ1n) is 8.14. The van der Waals surface area contributed by atoms with Crippen molar-refractivity contribution in [1.29, 1.82) is 5.26 Å². The molecule has 0 amide bonds. The molecule has 4 nitrogen and oxygen atoms in total. The number of rotatable bonds is 4. The SMILES string of the molecule is Cl.N#Cc1ccc(Cn2cncc2CN2CCc3ccccc32)cc1. The number of fused-ring (bicyclic) bond motifs is 1. The summed E-state index contributed by atoms with van der Waals surface area (Å²) < 4.78 is 2.18. The summed E-state index contributed by atoms with van der Waals surface area (Å²) in [6.45, 7) is 2.70. The summed E-state index contributed by atoms with van der Waals surface area (Å²) in [5.41, 5.74) is 5.84. The molecule has 0 fully saturated rings. The van der Waals surface area contributed by atoms with Crippen molar-refractivity contribution in [3.8, 4) is 6.07 Å². The molecule has 2 heterocycles. The summed E-state index contributed by atoms with van der Waals surface area (Å²) in [7, 11) is 0. The van der Waals surface area contributed by atoms with Gasteiger partial charge in [0.1, 0.15) is 0 Å². The number of anilines is 1. The van der Waals surface area contributed by atoms with E-state index in [-0.39, 0.29) is 12.4 Å². The van der Waals surface area contributed by atoms with Crippen LogP contribution in [0.4, 0.5) is 5.69 Å². The third-order valence-corrected chi connectivity index (χ3v) is 4.57. The number of nitrogens with zero attached hydrogens (tertiary/aromatic N) is 4. The molecule has 0 atom stereocenters. The minimum Gasteiger partial charge on any atom is -0.365 e. The van der Waals surface area contributed by atoms with E-state index >= 15 is 0 Å². The Morgan fingerprint density at radius 3 is 2.64 bits per heavy atom. The fourth-order valence-electron chi connectivity index (χ4n) is 3.27. The maximum atomic E-state index is 8.90. The minimum atomic E-state index is 0. The van der Waals surface area contributed by atoms with Gasteiger partial charge in [-0.1, -0.05) is 30.3 Å². The van der Waals surface area contributed by atoms with Crippen LogP contribution in [0.5, 0.6) is 0 Å². The monoisotopic (exact) mass is 350 g/mol. The summed E-state index contributed by atoms with van der Waals surface area (Å²) in [5, 5.41) is 8.90. The molecule has 0 spiro atoms. The Morgan fingerprint density at radius 1 is 1.04 bits per heavy atom. The zero-order chi connectivity index (χ0) is 16.4. The highest BCUT2D eigenvalue weighted by Crippen LogP contribution is 2.28. The summed E-state index contributed by atoms with van der Waals surface area (Å²) in [6.07, 6.45) is 4.94. The van der Waals surface area contributed by atoms with Crippen molar-refractivity contribution in [3.63, 3.8) is 0 Å². The molecule has 0 saturated carbocycles. The second-order valence-electron chi connectivity index (χ2n) is 6.12. The van der Waals surface area contributed by atoms with Gasteiger partial charge in [0, 0.05) is 25.0 Å². The molecule has 0 bridgehead atoms. The lowest BCUT2D eigenvalue weighted by atomic mass is 10.1. The van der Waals surface area contributed by atoms with Gasteiger partial charge in [0.2, 0.25) is 0 Å². The molecule has 0 aliphatic carbocycles. The summed E-state index contributed by atoms with van der Waals surface area (Å²) in [6, 6.07) is 18.5. The average molecular weight is 351 g/mol. The normalized spacial score (nSPS) is 12.4. The molecule has 126 valence electrons. The van der Waals surface area contributed by atoms with Crippen LogP contribution in [0.25, 0.3) is 0 Å². The Labute approximate surface area is 153 Å². The molecule has 1 aromatic heterocycles. The van der Waals surface area contributed by atoms with Gasteiger partial charge < -0.3 is 9.47 Å². The third-order valence-electron chi connectivity index (χ3n) is 4.57. The maximum Gasteiger partial charge on any atom is 0.0991 e. The third kappa shape index (κ3) is 3.52. The molecule has 0 N–H and O–H groups in total. The van der Waals surface area contributed by atoms with Crippen LogP contribution in [-0.2, 0) is 19.5 Å². The van der Waals surface area contributed by atoms with Crippen LogP contribution in [0.15, 0.2) is 61.1 Å². The smallest absolute Gasteiger partial charge is 0.0991 e. The summed E-state index contributed by atoms with van der Waals surface area (Å²) >= 11 is 0. The van der Waals surface area contributed by atoms with Gasteiger partial charge in [0.05, 0.1) is 30.2 Å².